The molecule has 0 bridgehead atoms. The number of rotatable bonds is 5. The second-order valence-corrected chi connectivity index (χ2v) is 11.3. The predicted molar refractivity (Wildman–Crippen MR) is 155 cm³/mol. The Balaban J connectivity index is 0.00000160. The molecule has 9 heteroatoms. The van der Waals surface area contributed by atoms with Crippen molar-refractivity contribution in [2.45, 2.75) is 63.8 Å². The summed E-state index contributed by atoms with van der Waals surface area (Å²) in [7, 11) is 0. The fourth-order valence-corrected chi connectivity index (χ4v) is 7.54. The van der Waals surface area contributed by atoms with Gasteiger partial charge in [0.1, 0.15) is 11.4 Å². The van der Waals surface area contributed by atoms with E-state index in [9.17, 15) is 14.7 Å². The number of aromatic nitrogens is 1. The standard InChI is InChI=1S/C28H33N3O3S.2ClH/c32-24-18-31-22-17-23(28(33)34)35-27(22)25(19-9-3-1-4-10-19)26(31)20-11-5-6-12-21(20)30(24)16-15-29-13-7-2-8-14-29;;/h5-6,11-12,17,19H,1-4,7-10,13-16,18H2,(H,33,34);2*1H. The van der Waals surface area contributed by atoms with E-state index < -0.39 is 5.97 Å². The lowest BCUT2D eigenvalue weighted by molar-refractivity contribution is -0.119. The lowest BCUT2D eigenvalue weighted by Crippen LogP contribution is -2.41. The van der Waals surface area contributed by atoms with Crippen LogP contribution in [0.5, 0.6) is 0 Å². The number of carboxylic acids is 1. The van der Waals surface area contributed by atoms with Gasteiger partial charge in [0.15, 0.2) is 0 Å². The third kappa shape index (κ3) is 5.16. The van der Waals surface area contributed by atoms with Crippen LogP contribution in [0.15, 0.2) is 30.3 Å². The molecule has 1 saturated heterocycles. The van der Waals surface area contributed by atoms with Gasteiger partial charge >= 0.3 is 5.97 Å². The van der Waals surface area contributed by atoms with Crippen molar-refractivity contribution < 1.29 is 14.7 Å². The van der Waals surface area contributed by atoms with Crippen LogP contribution < -0.4 is 4.90 Å². The van der Waals surface area contributed by atoms with Gasteiger partial charge in [-0.3, -0.25) is 4.79 Å². The van der Waals surface area contributed by atoms with Gasteiger partial charge in [-0.1, -0.05) is 43.9 Å². The summed E-state index contributed by atoms with van der Waals surface area (Å²) in [6.45, 7) is 4.06. The maximum atomic E-state index is 13.8. The highest BCUT2D eigenvalue weighted by atomic mass is 35.5. The fraction of sp³-hybridized carbons (Fsp3) is 0.500. The number of para-hydroxylation sites is 1. The Morgan fingerprint density at radius 3 is 2.41 bits per heavy atom. The molecule has 3 aromatic rings. The average Bonchev–Trinajstić information content (AvgIpc) is 3.41. The van der Waals surface area contributed by atoms with Gasteiger partial charge in [-0.2, -0.15) is 0 Å². The molecule has 6 nitrogen and oxygen atoms in total. The molecule has 0 spiro atoms. The molecule has 37 heavy (non-hydrogen) atoms. The number of hydrogen-bond donors (Lipinski definition) is 1. The van der Waals surface area contributed by atoms with Crippen molar-refractivity contribution >= 4 is 63.9 Å². The molecule has 1 N–H and O–H groups in total. The lowest BCUT2D eigenvalue weighted by Gasteiger charge is -2.30. The maximum absolute atomic E-state index is 13.8. The molecule has 3 aliphatic rings. The van der Waals surface area contributed by atoms with Crippen LogP contribution in [-0.2, 0) is 11.3 Å². The molecule has 2 aliphatic heterocycles. The Kier molecular flexibility index (Phi) is 8.89. The van der Waals surface area contributed by atoms with Gasteiger partial charge < -0.3 is 19.5 Å². The van der Waals surface area contributed by atoms with Gasteiger partial charge in [-0.25, -0.2) is 4.79 Å². The van der Waals surface area contributed by atoms with Crippen LogP contribution >= 0.6 is 36.2 Å². The van der Waals surface area contributed by atoms with Crippen LogP contribution in [0.25, 0.3) is 21.5 Å². The first-order chi connectivity index (χ1) is 17.1. The number of hydrogen-bond acceptors (Lipinski definition) is 4. The number of carbonyl (C=O) groups is 2. The van der Waals surface area contributed by atoms with Crippen molar-refractivity contribution in [3.05, 3.63) is 40.8 Å². The Hall–Kier alpha value is -2.06. The van der Waals surface area contributed by atoms with Crippen LogP contribution in [-0.4, -0.2) is 52.6 Å². The molecule has 4 heterocycles. The summed E-state index contributed by atoms with van der Waals surface area (Å²) < 4.78 is 3.19. The first-order valence-electron chi connectivity index (χ1n) is 13.1. The number of benzene rings is 1. The number of thiophene rings is 1. The fourth-order valence-electron chi connectivity index (χ4n) is 6.41. The third-order valence-corrected chi connectivity index (χ3v) is 9.28. The molecule has 0 radical (unpaired) electrons. The second kappa shape index (κ2) is 11.8. The number of aromatic carboxylic acids is 1. The van der Waals surface area contributed by atoms with Gasteiger partial charge in [0.05, 0.1) is 21.6 Å². The number of fused-ring (bicyclic) bond motifs is 5. The highest BCUT2D eigenvalue weighted by molar-refractivity contribution is 7.21. The number of halogens is 2. The van der Waals surface area contributed by atoms with Crippen LogP contribution in [0.1, 0.15) is 72.5 Å². The molecular weight excluding hydrogens is 529 g/mol. The third-order valence-electron chi connectivity index (χ3n) is 8.13. The number of carboxylic acid groups (broad SMARTS) is 1. The Bertz CT molecular complexity index is 1280. The largest absolute Gasteiger partial charge is 0.477 e. The Morgan fingerprint density at radius 1 is 0.973 bits per heavy atom. The predicted octanol–water partition coefficient (Wildman–Crippen LogP) is 6.79. The normalized spacial score (nSPS) is 18.5. The number of amides is 1. The summed E-state index contributed by atoms with van der Waals surface area (Å²) in [5.74, 6) is -0.395. The molecule has 6 rings (SSSR count). The number of anilines is 1. The molecule has 0 atom stereocenters. The van der Waals surface area contributed by atoms with Crippen LogP contribution in [0, 0.1) is 0 Å². The van der Waals surface area contributed by atoms with E-state index in [0.717, 1.165) is 59.6 Å². The van der Waals surface area contributed by atoms with Crippen molar-refractivity contribution in [2.24, 2.45) is 0 Å². The van der Waals surface area contributed by atoms with Crippen LogP contribution in [0.3, 0.4) is 0 Å². The zero-order valence-electron chi connectivity index (χ0n) is 21.0. The van der Waals surface area contributed by atoms with Crippen molar-refractivity contribution in [3.8, 4) is 11.3 Å². The molecule has 1 aliphatic carbocycles. The number of piperidine rings is 1. The number of carbonyl (C=O) groups excluding carboxylic acids is 1. The van der Waals surface area contributed by atoms with E-state index in [1.165, 1.54) is 55.4 Å². The molecule has 1 aromatic carbocycles. The smallest absolute Gasteiger partial charge is 0.345 e. The van der Waals surface area contributed by atoms with E-state index in [4.69, 9.17) is 0 Å². The van der Waals surface area contributed by atoms with E-state index >= 15 is 0 Å². The summed E-state index contributed by atoms with van der Waals surface area (Å²) in [5, 5.41) is 9.73. The SMILES string of the molecule is Cl.Cl.O=C(O)c1cc2c(s1)c(C1CCCCC1)c1n2CC(=O)N(CCN2CCCCC2)c2ccccc2-1. The highest BCUT2D eigenvalue weighted by Gasteiger charge is 2.34. The monoisotopic (exact) mass is 563 g/mol. The summed E-state index contributed by atoms with van der Waals surface area (Å²) in [6, 6.07) is 10.1. The number of nitrogens with zero attached hydrogens (tertiary/aromatic N) is 3. The Morgan fingerprint density at radius 2 is 1.68 bits per heavy atom. The zero-order chi connectivity index (χ0) is 23.9. The van der Waals surface area contributed by atoms with Crippen molar-refractivity contribution in [3.63, 3.8) is 0 Å². The van der Waals surface area contributed by atoms with E-state index in [0.29, 0.717) is 17.3 Å². The summed E-state index contributed by atoms with van der Waals surface area (Å²) >= 11 is 1.38. The highest BCUT2D eigenvalue weighted by Crippen LogP contribution is 2.49. The minimum absolute atomic E-state index is 0. The first-order valence-corrected chi connectivity index (χ1v) is 13.9. The zero-order valence-corrected chi connectivity index (χ0v) is 23.4. The molecule has 1 saturated carbocycles. The lowest BCUT2D eigenvalue weighted by atomic mass is 9.83. The first kappa shape index (κ1) is 28.0. The van der Waals surface area contributed by atoms with Crippen molar-refractivity contribution in [1.82, 2.24) is 9.47 Å². The van der Waals surface area contributed by atoms with E-state index in [1.54, 1.807) is 6.07 Å². The van der Waals surface area contributed by atoms with Gasteiger partial charge in [-0.15, -0.1) is 36.2 Å². The van der Waals surface area contributed by atoms with E-state index in [1.807, 2.05) is 11.0 Å². The molecule has 1 amide bonds. The van der Waals surface area contributed by atoms with Crippen LogP contribution in [0.2, 0.25) is 0 Å². The maximum Gasteiger partial charge on any atom is 0.345 e. The van der Waals surface area contributed by atoms with Crippen LogP contribution in [0.4, 0.5) is 5.69 Å². The van der Waals surface area contributed by atoms with Gasteiger partial charge in [0, 0.05) is 18.7 Å². The molecule has 0 unspecified atom stereocenters. The minimum atomic E-state index is -0.890. The molecule has 2 fully saturated rings. The summed E-state index contributed by atoms with van der Waals surface area (Å²) in [5.41, 5.74) is 5.42. The second-order valence-electron chi connectivity index (χ2n) is 10.3. The summed E-state index contributed by atoms with van der Waals surface area (Å²) in [4.78, 5) is 30.4. The summed E-state index contributed by atoms with van der Waals surface area (Å²) in [6.07, 6.45) is 9.71. The van der Waals surface area contributed by atoms with E-state index in [-0.39, 0.29) is 37.3 Å². The van der Waals surface area contributed by atoms with Crippen molar-refractivity contribution in [2.75, 3.05) is 31.1 Å². The van der Waals surface area contributed by atoms with Gasteiger partial charge in [-0.05, 0) is 62.4 Å². The van der Waals surface area contributed by atoms with Gasteiger partial charge in [0.2, 0.25) is 5.91 Å². The number of likely N-dealkylation sites (tertiary alicyclic amines) is 1. The topological polar surface area (TPSA) is 65.8 Å². The Labute approximate surface area is 234 Å². The van der Waals surface area contributed by atoms with Crippen molar-refractivity contribution in [1.29, 1.82) is 0 Å². The molecular formula is C28H35Cl2N3O3S. The molecule has 200 valence electrons. The van der Waals surface area contributed by atoms with Gasteiger partial charge in [0.25, 0.3) is 0 Å². The quantitative estimate of drug-likeness (QED) is 0.371. The molecule has 2 aromatic heterocycles. The van der Waals surface area contributed by atoms with E-state index in [2.05, 4.69) is 27.7 Å². The minimum Gasteiger partial charge on any atom is -0.477 e. The average molecular weight is 565 g/mol.